The van der Waals surface area contributed by atoms with Crippen molar-refractivity contribution >= 4 is 29.5 Å². The van der Waals surface area contributed by atoms with E-state index in [1.165, 1.54) is 0 Å². The van der Waals surface area contributed by atoms with Gasteiger partial charge in [-0.25, -0.2) is 19.1 Å². The van der Waals surface area contributed by atoms with Gasteiger partial charge in [0, 0.05) is 57.1 Å². The third-order valence-corrected chi connectivity index (χ3v) is 8.36. The van der Waals surface area contributed by atoms with Crippen LogP contribution in [0.15, 0.2) is 18.3 Å². The van der Waals surface area contributed by atoms with Crippen LogP contribution in [0.5, 0.6) is 0 Å². The third kappa shape index (κ3) is 7.76. The lowest BCUT2D eigenvalue weighted by Gasteiger charge is -2.39. The van der Waals surface area contributed by atoms with Crippen LogP contribution in [0, 0.1) is 11.8 Å². The quantitative estimate of drug-likeness (QED) is 0.439. The van der Waals surface area contributed by atoms with E-state index in [-0.39, 0.29) is 30.4 Å². The number of rotatable bonds is 7. The first-order chi connectivity index (χ1) is 20.0. The molecule has 0 bridgehead atoms. The fourth-order valence-electron chi connectivity index (χ4n) is 6.19. The lowest BCUT2D eigenvalue weighted by atomic mass is 9.84. The second-order valence-corrected chi connectivity index (χ2v) is 13.3. The summed E-state index contributed by atoms with van der Waals surface area (Å²) < 4.78 is 13.0. The largest absolute Gasteiger partial charge is 0.445 e. The van der Waals surface area contributed by atoms with Gasteiger partial charge in [-0.15, -0.1) is 5.10 Å². The lowest BCUT2D eigenvalue weighted by Crippen LogP contribution is -2.48. The zero-order valence-electron chi connectivity index (χ0n) is 25.8. The van der Waals surface area contributed by atoms with Crippen molar-refractivity contribution in [1.82, 2.24) is 29.7 Å². The molecular weight excluding hydrogens is 536 g/mol. The van der Waals surface area contributed by atoms with Crippen LogP contribution in [0.4, 0.5) is 21.2 Å². The highest BCUT2D eigenvalue weighted by atomic mass is 16.6. The van der Waals surface area contributed by atoms with E-state index < -0.39 is 5.60 Å². The Hall–Kier alpha value is -3.28. The summed E-state index contributed by atoms with van der Waals surface area (Å²) in [6.07, 6.45) is 6.04. The fraction of sp³-hybridized carbons (Fsp3) is 0.733. The van der Waals surface area contributed by atoms with E-state index in [9.17, 15) is 9.59 Å². The first-order valence-electron chi connectivity index (χ1n) is 15.6. The molecule has 2 aromatic heterocycles. The summed E-state index contributed by atoms with van der Waals surface area (Å²) in [7, 11) is 0. The van der Waals surface area contributed by atoms with Crippen molar-refractivity contribution in [3.63, 3.8) is 0 Å². The number of nitrogens with zero attached hydrogens (tertiary/aromatic N) is 5. The van der Waals surface area contributed by atoms with Crippen LogP contribution < -0.4 is 16.0 Å². The summed E-state index contributed by atoms with van der Waals surface area (Å²) in [6.45, 7) is 14.5. The molecule has 3 fully saturated rings. The van der Waals surface area contributed by atoms with Crippen LogP contribution in [-0.2, 0) is 9.47 Å². The van der Waals surface area contributed by atoms with Gasteiger partial charge in [-0.3, -0.25) is 0 Å². The summed E-state index contributed by atoms with van der Waals surface area (Å²) in [5.41, 5.74) is 0.256. The predicted octanol–water partition coefficient (Wildman–Crippen LogP) is 4.19. The second-order valence-electron chi connectivity index (χ2n) is 13.3. The van der Waals surface area contributed by atoms with Crippen molar-refractivity contribution in [2.75, 3.05) is 49.9 Å². The highest BCUT2D eigenvalue weighted by molar-refractivity contribution is 5.68. The highest BCUT2D eigenvalue weighted by Gasteiger charge is 2.33. The van der Waals surface area contributed by atoms with Crippen LogP contribution in [0.1, 0.15) is 66.7 Å². The molecule has 3 saturated heterocycles. The molecule has 0 aromatic carbocycles. The van der Waals surface area contributed by atoms with Crippen LogP contribution in [0.3, 0.4) is 0 Å². The molecule has 3 atom stereocenters. The molecule has 2 amide bonds. The molecule has 12 heteroatoms. The van der Waals surface area contributed by atoms with Gasteiger partial charge in [0.25, 0.3) is 0 Å². The average Bonchev–Trinajstić information content (AvgIpc) is 3.60. The molecule has 2 aromatic rings. The van der Waals surface area contributed by atoms with E-state index in [0.717, 1.165) is 69.0 Å². The Morgan fingerprint density at radius 3 is 2.52 bits per heavy atom. The SMILES string of the molecule is CC(C)C(Nc1ccn2nc(NC3CCN(C(=O)O[C@H]4CCNC4)CC3)cc2n1)C1CCCN(C(=O)OC(C)(C)C)C1. The summed E-state index contributed by atoms with van der Waals surface area (Å²) in [4.78, 5) is 33.7. The second kappa shape index (κ2) is 12.9. The molecule has 3 N–H and O–H groups in total. The number of carbonyl (C=O) groups is 2. The lowest BCUT2D eigenvalue weighted by molar-refractivity contribution is 0.0147. The molecule has 12 nitrogen and oxygen atoms in total. The molecule has 3 aliphatic rings. The van der Waals surface area contributed by atoms with Gasteiger partial charge >= 0.3 is 12.2 Å². The van der Waals surface area contributed by atoms with Gasteiger partial charge in [0.1, 0.15) is 17.5 Å². The van der Waals surface area contributed by atoms with Gasteiger partial charge in [0.05, 0.1) is 0 Å². The number of hydrogen-bond acceptors (Lipinski definition) is 9. The van der Waals surface area contributed by atoms with Crippen LogP contribution >= 0.6 is 0 Å². The van der Waals surface area contributed by atoms with Crippen molar-refractivity contribution < 1.29 is 19.1 Å². The van der Waals surface area contributed by atoms with Gasteiger partial charge < -0.3 is 35.2 Å². The first kappa shape index (κ1) is 30.2. The molecule has 5 heterocycles. The molecule has 2 unspecified atom stereocenters. The van der Waals surface area contributed by atoms with E-state index in [1.54, 1.807) is 4.52 Å². The number of likely N-dealkylation sites (tertiary alicyclic amines) is 2. The first-order valence-corrected chi connectivity index (χ1v) is 15.6. The zero-order chi connectivity index (χ0) is 29.9. The number of carbonyl (C=O) groups excluding carboxylic acids is 2. The number of hydrogen-bond donors (Lipinski definition) is 3. The predicted molar refractivity (Wildman–Crippen MR) is 162 cm³/mol. The normalized spacial score (nSPS) is 22.8. The summed E-state index contributed by atoms with van der Waals surface area (Å²) in [5.74, 6) is 2.22. The van der Waals surface area contributed by atoms with Crippen molar-refractivity contribution in [3.05, 3.63) is 18.3 Å². The molecule has 0 aliphatic carbocycles. The van der Waals surface area contributed by atoms with Crippen LogP contribution in [-0.4, -0.2) is 99.6 Å². The van der Waals surface area contributed by atoms with Gasteiger partial charge in [-0.05, 0) is 77.3 Å². The molecule has 0 spiro atoms. The number of amides is 2. The van der Waals surface area contributed by atoms with Gasteiger partial charge in [0.2, 0.25) is 0 Å². The Balaban J connectivity index is 1.16. The molecule has 3 aliphatic heterocycles. The van der Waals surface area contributed by atoms with E-state index in [4.69, 9.17) is 14.5 Å². The average molecular weight is 585 g/mol. The number of piperidine rings is 2. The molecule has 42 heavy (non-hydrogen) atoms. The molecule has 0 saturated carbocycles. The highest BCUT2D eigenvalue weighted by Crippen LogP contribution is 2.28. The van der Waals surface area contributed by atoms with E-state index in [2.05, 4.69) is 34.9 Å². The number of anilines is 2. The van der Waals surface area contributed by atoms with E-state index >= 15 is 0 Å². The topological polar surface area (TPSA) is 125 Å². The summed E-state index contributed by atoms with van der Waals surface area (Å²) >= 11 is 0. The zero-order valence-corrected chi connectivity index (χ0v) is 25.8. The molecule has 0 radical (unpaired) electrons. The van der Waals surface area contributed by atoms with Crippen LogP contribution in [0.25, 0.3) is 5.65 Å². The van der Waals surface area contributed by atoms with Crippen molar-refractivity contribution in [3.8, 4) is 0 Å². The minimum Gasteiger partial charge on any atom is -0.445 e. The Kier molecular flexibility index (Phi) is 9.29. The minimum atomic E-state index is -0.504. The van der Waals surface area contributed by atoms with Gasteiger partial charge in [0.15, 0.2) is 11.5 Å². The maximum atomic E-state index is 12.7. The molecular formula is C30H48N8O4. The van der Waals surface area contributed by atoms with Crippen molar-refractivity contribution in [2.24, 2.45) is 11.8 Å². The minimum absolute atomic E-state index is 0.0105. The number of nitrogens with one attached hydrogen (secondary N) is 3. The third-order valence-electron chi connectivity index (χ3n) is 8.36. The standard InChI is InChI=1S/C30H48N8O4/c1-20(2)27(21-7-6-13-37(19-21)29(40)42-30(3,4)5)34-24-11-16-38-26(33-24)17-25(35-38)32-22-9-14-36(15-10-22)28(39)41-23-8-12-31-18-23/h11,16-17,20-23,27,31H,6-10,12-15,18-19H2,1-5H3,(H,32,35)(H,33,34)/t21?,23-,27?/m0/s1. The van der Waals surface area contributed by atoms with Gasteiger partial charge in [-0.2, -0.15) is 0 Å². The monoisotopic (exact) mass is 584 g/mol. The van der Waals surface area contributed by atoms with Crippen molar-refractivity contribution in [1.29, 1.82) is 0 Å². The molecule has 232 valence electrons. The van der Waals surface area contributed by atoms with Crippen LogP contribution in [0.2, 0.25) is 0 Å². The Morgan fingerprint density at radius 2 is 1.83 bits per heavy atom. The fourth-order valence-corrected chi connectivity index (χ4v) is 6.19. The van der Waals surface area contributed by atoms with Crippen molar-refractivity contribution in [2.45, 2.75) is 90.5 Å². The Morgan fingerprint density at radius 1 is 1.05 bits per heavy atom. The summed E-state index contributed by atoms with van der Waals surface area (Å²) in [6, 6.07) is 4.31. The van der Waals surface area contributed by atoms with E-state index in [0.29, 0.717) is 31.5 Å². The number of fused-ring (bicyclic) bond motifs is 1. The number of ether oxygens (including phenoxy) is 2. The number of aromatic nitrogens is 3. The maximum Gasteiger partial charge on any atom is 0.410 e. The Bertz CT molecular complexity index is 1210. The van der Waals surface area contributed by atoms with E-state index in [1.807, 2.05) is 48.9 Å². The Labute approximate surface area is 248 Å². The molecule has 5 rings (SSSR count). The maximum absolute atomic E-state index is 12.7. The smallest absolute Gasteiger partial charge is 0.410 e. The summed E-state index contributed by atoms with van der Waals surface area (Å²) in [5, 5.41) is 15.1. The van der Waals surface area contributed by atoms with Gasteiger partial charge in [-0.1, -0.05) is 13.8 Å².